The van der Waals surface area contributed by atoms with Gasteiger partial charge in [0.2, 0.25) is 5.91 Å². The van der Waals surface area contributed by atoms with Gasteiger partial charge < -0.3 is 20.7 Å². The zero-order valence-corrected chi connectivity index (χ0v) is 15.4. The summed E-state index contributed by atoms with van der Waals surface area (Å²) in [6, 6.07) is 0.388. The maximum atomic E-state index is 13.0. The van der Waals surface area contributed by atoms with Gasteiger partial charge in [-0.05, 0) is 30.5 Å². The van der Waals surface area contributed by atoms with E-state index in [0.29, 0.717) is 0 Å². The van der Waals surface area contributed by atoms with Crippen molar-refractivity contribution in [2.45, 2.75) is 38.6 Å². The molecule has 6 nitrogen and oxygen atoms in total. The molecular formula is C16H19BF6N2O4. The molecule has 0 aliphatic heterocycles. The van der Waals surface area contributed by atoms with Crippen LogP contribution in [0.3, 0.4) is 0 Å². The number of rotatable bonds is 7. The molecule has 0 heterocycles. The van der Waals surface area contributed by atoms with Crippen LogP contribution in [0.1, 0.15) is 41.8 Å². The second kappa shape index (κ2) is 9.48. The van der Waals surface area contributed by atoms with Crippen molar-refractivity contribution in [2.75, 3.05) is 6.54 Å². The Kier molecular flexibility index (Phi) is 8.10. The van der Waals surface area contributed by atoms with E-state index in [1.54, 1.807) is 19.2 Å². The Balaban J connectivity index is 2.96. The summed E-state index contributed by atoms with van der Waals surface area (Å²) in [6.07, 6.45) is -9.91. The van der Waals surface area contributed by atoms with Crippen LogP contribution in [0.2, 0.25) is 0 Å². The van der Waals surface area contributed by atoms with Gasteiger partial charge in [0.25, 0.3) is 5.91 Å². The summed E-state index contributed by atoms with van der Waals surface area (Å²) in [5.74, 6) is -3.64. The summed E-state index contributed by atoms with van der Waals surface area (Å²) in [4.78, 5) is 23.9. The molecule has 0 fully saturated rings. The molecule has 0 aromatic heterocycles. The van der Waals surface area contributed by atoms with E-state index in [-0.39, 0.29) is 30.5 Å². The van der Waals surface area contributed by atoms with E-state index in [1.165, 1.54) is 0 Å². The van der Waals surface area contributed by atoms with Crippen molar-refractivity contribution >= 4 is 18.9 Å². The molecule has 0 aliphatic carbocycles. The van der Waals surface area contributed by atoms with Crippen LogP contribution in [0.25, 0.3) is 0 Å². The normalized spacial score (nSPS) is 13.2. The molecule has 1 aromatic carbocycles. The van der Waals surface area contributed by atoms with Gasteiger partial charge in [0.15, 0.2) is 0 Å². The Morgan fingerprint density at radius 2 is 1.66 bits per heavy atom. The molecular weight excluding hydrogens is 409 g/mol. The minimum atomic E-state index is -5.09. The summed E-state index contributed by atoms with van der Waals surface area (Å²) in [7, 11) is -1.92. The van der Waals surface area contributed by atoms with Gasteiger partial charge in [-0.15, -0.1) is 0 Å². The topological polar surface area (TPSA) is 98.7 Å². The third-order valence-electron chi connectivity index (χ3n) is 3.74. The molecule has 0 saturated heterocycles. The molecule has 2 amide bonds. The molecule has 162 valence electrons. The van der Waals surface area contributed by atoms with Crippen LogP contribution in [0.4, 0.5) is 26.3 Å². The number of nitrogens with one attached hydrogen (secondary N) is 2. The quantitative estimate of drug-likeness (QED) is 0.395. The van der Waals surface area contributed by atoms with Gasteiger partial charge in [0.1, 0.15) is 0 Å². The summed E-state index contributed by atoms with van der Waals surface area (Å²) in [5, 5.41) is 22.4. The third kappa shape index (κ3) is 7.57. The van der Waals surface area contributed by atoms with Crippen molar-refractivity contribution in [3.63, 3.8) is 0 Å². The molecule has 0 bridgehead atoms. The molecule has 0 unspecified atom stereocenters. The first-order valence-corrected chi connectivity index (χ1v) is 8.35. The Bertz CT molecular complexity index is 737. The molecule has 1 rings (SSSR count). The predicted molar refractivity (Wildman–Crippen MR) is 90.4 cm³/mol. The highest BCUT2D eigenvalue weighted by Gasteiger charge is 2.38. The highest BCUT2D eigenvalue weighted by Crippen LogP contribution is 2.36. The first-order chi connectivity index (χ1) is 13.1. The number of hydrogen-bond donors (Lipinski definition) is 4. The summed E-state index contributed by atoms with van der Waals surface area (Å²) in [5.41, 5.74) is -4.34. The van der Waals surface area contributed by atoms with Gasteiger partial charge in [-0.25, -0.2) is 0 Å². The van der Waals surface area contributed by atoms with E-state index < -0.39 is 60.5 Å². The molecule has 0 aliphatic rings. The number of amides is 2. The largest absolute Gasteiger partial charge is 0.475 e. The van der Waals surface area contributed by atoms with E-state index >= 15 is 0 Å². The zero-order valence-electron chi connectivity index (χ0n) is 15.4. The maximum absolute atomic E-state index is 13.0. The molecule has 0 spiro atoms. The van der Waals surface area contributed by atoms with Gasteiger partial charge in [-0.2, -0.15) is 26.3 Å². The minimum Gasteiger partial charge on any atom is -0.426 e. The second-order valence-corrected chi connectivity index (χ2v) is 6.66. The van der Waals surface area contributed by atoms with Crippen molar-refractivity contribution in [1.29, 1.82) is 0 Å². The monoisotopic (exact) mass is 428 g/mol. The molecule has 0 saturated carbocycles. The molecule has 1 aromatic rings. The fourth-order valence-electron chi connectivity index (χ4n) is 2.43. The van der Waals surface area contributed by atoms with E-state index in [2.05, 4.69) is 5.32 Å². The number of halogens is 6. The SMILES string of the molecule is CC(C)C[C@H](NC(=O)CNC(=O)c1cc(C(F)(F)F)ccc1C(F)(F)F)B(O)O. The van der Waals surface area contributed by atoms with Crippen LogP contribution >= 0.6 is 0 Å². The van der Waals surface area contributed by atoms with Gasteiger partial charge in [-0.3, -0.25) is 9.59 Å². The first-order valence-electron chi connectivity index (χ1n) is 8.35. The van der Waals surface area contributed by atoms with E-state index in [4.69, 9.17) is 0 Å². The molecule has 29 heavy (non-hydrogen) atoms. The summed E-state index contributed by atoms with van der Waals surface area (Å²) in [6.45, 7) is 2.58. The third-order valence-corrected chi connectivity index (χ3v) is 3.74. The van der Waals surface area contributed by atoms with Crippen molar-refractivity contribution in [2.24, 2.45) is 5.92 Å². The average Bonchev–Trinajstić information content (AvgIpc) is 2.56. The highest BCUT2D eigenvalue weighted by molar-refractivity contribution is 6.43. The highest BCUT2D eigenvalue weighted by atomic mass is 19.4. The molecule has 13 heteroatoms. The lowest BCUT2D eigenvalue weighted by molar-refractivity contribution is -0.141. The van der Waals surface area contributed by atoms with Crippen LogP contribution < -0.4 is 10.6 Å². The number of carbonyl (C=O) groups is 2. The van der Waals surface area contributed by atoms with Gasteiger partial charge >= 0.3 is 19.5 Å². The Hall–Kier alpha value is -2.28. The standard InChI is InChI=1S/C16H19BF6N2O4/c1-8(2)5-12(17(28)29)25-13(26)7-24-14(27)10-6-9(15(18,19)20)3-4-11(10)16(21,22)23/h3-4,6,8,12,28-29H,5,7H2,1-2H3,(H,24,27)(H,25,26)/t12-/m0/s1. The smallest absolute Gasteiger partial charge is 0.426 e. The average molecular weight is 428 g/mol. The first kappa shape index (κ1) is 24.8. The fraction of sp³-hybridized carbons (Fsp3) is 0.500. The van der Waals surface area contributed by atoms with Crippen molar-refractivity contribution < 1.29 is 46.0 Å². The van der Waals surface area contributed by atoms with Crippen LogP contribution in [-0.4, -0.2) is 41.5 Å². The molecule has 4 N–H and O–H groups in total. The fourth-order valence-corrected chi connectivity index (χ4v) is 2.43. The van der Waals surface area contributed by atoms with Crippen LogP contribution in [0.15, 0.2) is 18.2 Å². The number of hydrogen-bond acceptors (Lipinski definition) is 4. The van der Waals surface area contributed by atoms with Crippen LogP contribution in [0, 0.1) is 5.92 Å². The summed E-state index contributed by atoms with van der Waals surface area (Å²) < 4.78 is 77.4. The van der Waals surface area contributed by atoms with Crippen molar-refractivity contribution in [1.82, 2.24) is 10.6 Å². The lowest BCUT2D eigenvalue weighted by atomic mass is 9.75. The lowest BCUT2D eigenvalue weighted by Gasteiger charge is -2.20. The number of alkyl halides is 6. The molecule has 0 radical (unpaired) electrons. The maximum Gasteiger partial charge on any atom is 0.475 e. The summed E-state index contributed by atoms with van der Waals surface area (Å²) >= 11 is 0. The lowest BCUT2D eigenvalue weighted by Crippen LogP contribution is -2.50. The van der Waals surface area contributed by atoms with E-state index in [1.807, 2.05) is 0 Å². The van der Waals surface area contributed by atoms with Gasteiger partial charge in [0, 0.05) is 0 Å². The van der Waals surface area contributed by atoms with Gasteiger partial charge in [-0.1, -0.05) is 13.8 Å². The Morgan fingerprint density at radius 1 is 1.07 bits per heavy atom. The second-order valence-electron chi connectivity index (χ2n) is 6.66. The Morgan fingerprint density at radius 3 is 2.10 bits per heavy atom. The van der Waals surface area contributed by atoms with E-state index in [0.717, 1.165) is 0 Å². The van der Waals surface area contributed by atoms with Gasteiger partial charge in [0.05, 0.1) is 29.2 Å². The van der Waals surface area contributed by atoms with Crippen LogP contribution in [-0.2, 0) is 17.1 Å². The van der Waals surface area contributed by atoms with Crippen LogP contribution in [0.5, 0.6) is 0 Å². The number of benzene rings is 1. The predicted octanol–water partition coefficient (Wildman–Crippen LogP) is 2.00. The Labute approximate surface area is 162 Å². The minimum absolute atomic E-state index is 0.0452. The van der Waals surface area contributed by atoms with E-state index in [9.17, 15) is 46.0 Å². The molecule has 1 atom stereocenters. The number of carbonyl (C=O) groups excluding carboxylic acids is 2. The zero-order chi connectivity index (χ0) is 22.6. The van der Waals surface area contributed by atoms with Crippen molar-refractivity contribution in [3.05, 3.63) is 34.9 Å². The van der Waals surface area contributed by atoms with Crippen molar-refractivity contribution in [3.8, 4) is 0 Å².